The zero-order valence-corrected chi connectivity index (χ0v) is 9.82. The number of fused-ring (bicyclic) bond motifs is 1. The minimum atomic E-state index is -0.966. The van der Waals surface area contributed by atoms with Crippen molar-refractivity contribution in [2.24, 2.45) is 0 Å². The summed E-state index contributed by atoms with van der Waals surface area (Å²) in [5.74, 6) is 0.237. The molecule has 1 aromatic rings. The lowest BCUT2D eigenvalue weighted by Crippen LogP contribution is -2.51. The molecule has 1 atom stereocenters. The molecule has 1 unspecified atom stereocenters. The van der Waals surface area contributed by atoms with E-state index >= 15 is 0 Å². The van der Waals surface area contributed by atoms with Gasteiger partial charge in [-0.2, -0.15) is 0 Å². The molecule has 1 aliphatic rings. The summed E-state index contributed by atoms with van der Waals surface area (Å²) >= 11 is 0. The Morgan fingerprint density at radius 1 is 1.65 bits per heavy atom. The van der Waals surface area contributed by atoms with Crippen molar-refractivity contribution in [3.63, 3.8) is 0 Å². The fourth-order valence-electron chi connectivity index (χ4n) is 2.11. The zero-order chi connectivity index (χ0) is 12.5. The summed E-state index contributed by atoms with van der Waals surface area (Å²) in [6, 6.07) is 4.71. The molecule has 17 heavy (non-hydrogen) atoms. The Balaban J connectivity index is 2.49. The Labute approximate surface area is 99.3 Å². The highest BCUT2D eigenvalue weighted by Crippen LogP contribution is 2.39. The van der Waals surface area contributed by atoms with Crippen molar-refractivity contribution in [2.75, 3.05) is 20.3 Å². The number of aromatic hydroxyl groups is 1. The molecule has 0 amide bonds. The van der Waals surface area contributed by atoms with Crippen molar-refractivity contribution < 1.29 is 19.4 Å². The van der Waals surface area contributed by atoms with Gasteiger partial charge in [-0.3, -0.25) is 5.32 Å². The molecule has 0 aliphatic carbocycles. The molecule has 0 radical (unpaired) electrons. The van der Waals surface area contributed by atoms with Crippen LogP contribution in [-0.2, 0) is 15.1 Å². The fourth-order valence-corrected chi connectivity index (χ4v) is 2.11. The number of methoxy groups -OCH3 is 1. The van der Waals surface area contributed by atoms with Gasteiger partial charge in [0.05, 0.1) is 7.11 Å². The quantitative estimate of drug-likeness (QED) is 0.760. The summed E-state index contributed by atoms with van der Waals surface area (Å²) in [7, 11) is 1.35. The molecule has 1 aliphatic heterocycles. The molecule has 2 N–H and O–H groups in total. The SMILES string of the molecule is CCNC1(C(=O)OC)COc2cc(O)ccc21. The predicted octanol–water partition coefficient (Wildman–Crippen LogP) is 0.762. The van der Waals surface area contributed by atoms with Gasteiger partial charge >= 0.3 is 5.97 Å². The highest BCUT2D eigenvalue weighted by molar-refractivity contribution is 5.85. The topological polar surface area (TPSA) is 67.8 Å². The van der Waals surface area contributed by atoms with E-state index in [-0.39, 0.29) is 18.3 Å². The Morgan fingerprint density at radius 2 is 2.41 bits per heavy atom. The second-order valence-corrected chi connectivity index (χ2v) is 3.90. The summed E-state index contributed by atoms with van der Waals surface area (Å²) in [6.45, 7) is 2.69. The number of benzene rings is 1. The second kappa shape index (κ2) is 4.25. The van der Waals surface area contributed by atoms with Gasteiger partial charge in [0.15, 0.2) is 5.54 Å². The molecule has 5 nitrogen and oxygen atoms in total. The van der Waals surface area contributed by atoms with E-state index in [1.807, 2.05) is 6.92 Å². The Morgan fingerprint density at radius 3 is 3.06 bits per heavy atom. The maximum Gasteiger partial charge on any atom is 0.334 e. The third-order valence-electron chi connectivity index (χ3n) is 2.88. The normalized spacial score (nSPS) is 21.8. The highest BCUT2D eigenvalue weighted by atomic mass is 16.5. The van der Waals surface area contributed by atoms with Crippen molar-refractivity contribution in [1.82, 2.24) is 5.32 Å². The highest BCUT2D eigenvalue weighted by Gasteiger charge is 2.48. The van der Waals surface area contributed by atoms with Gasteiger partial charge < -0.3 is 14.6 Å². The molecule has 0 saturated carbocycles. The number of nitrogens with one attached hydrogen (secondary N) is 1. The van der Waals surface area contributed by atoms with Crippen molar-refractivity contribution in [3.05, 3.63) is 23.8 Å². The summed E-state index contributed by atoms with van der Waals surface area (Å²) in [5.41, 5.74) is -0.268. The van der Waals surface area contributed by atoms with Crippen LogP contribution in [0.1, 0.15) is 12.5 Å². The van der Waals surface area contributed by atoms with Crippen LogP contribution in [0.3, 0.4) is 0 Å². The lowest BCUT2D eigenvalue weighted by molar-refractivity contribution is -0.149. The molecule has 1 aromatic carbocycles. The van der Waals surface area contributed by atoms with Crippen LogP contribution < -0.4 is 10.1 Å². The summed E-state index contributed by atoms with van der Waals surface area (Å²) in [6.07, 6.45) is 0. The number of hydrogen-bond acceptors (Lipinski definition) is 5. The molecular weight excluding hydrogens is 222 g/mol. The molecule has 0 bridgehead atoms. The number of phenols is 1. The number of hydrogen-bond donors (Lipinski definition) is 2. The molecule has 0 aromatic heterocycles. The van der Waals surface area contributed by atoms with E-state index in [4.69, 9.17) is 9.47 Å². The molecule has 1 heterocycles. The molecule has 0 saturated heterocycles. The first kappa shape index (κ1) is 11.7. The van der Waals surface area contributed by atoms with Crippen LogP contribution in [0.5, 0.6) is 11.5 Å². The lowest BCUT2D eigenvalue weighted by atomic mass is 9.92. The number of rotatable bonds is 3. The molecule has 92 valence electrons. The van der Waals surface area contributed by atoms with Gasteiger partial charge in [0.2, 0.25) is 0 Å². The van der Waals surface area contributed by atoms with Gasteiger partial charge in [0.25, 0.3) is 0 Å². The molecule has 0 spiro atoms. The van der Waals surface area contributed by atoms with Crippen molar-refractivity contribution in [1.29, 1.82) is 0 Å². The van der Waals surface area contributed by atoms with Crippen LogP contribution in [0.2, 0.25) is 0 Å². The first-order valence-corrected chi connectivity index (χ1v) is 5.44. The predicted molar refractivity (Wildman–Crippen MR) is 61.0 cm³/mol. The Bertz CT molecular complexity index is 446. The van der Waals surface area contributed by atoms with Gasteiger partial charge in [-0.15, -0.1) is 0 Å². The van der Waals surface area contributed by atoms with Crippen molar-refractivity contribution >= 4 is 5.97 Å². The molecular formula is C12H15NO4. The molecule has 2 rings (SSSR count). The minimum Gasteiger partial charge on any atom is -0.508 e. The van der Waals surface area contributed by atoms with Gasteiger partial charge in [-0.1, -0.05) is 6.92 Å². The van der Waals surface area contributed by atoms with Crippen LogP contribution in [0.4, 0.5) is 0 Å². The zero-order valence-electron chi connectivity index (χ0n) is 9.82. The van der Waals surface area contributed by atoms with Crippen LogP contribution in [-0.4, -0.2) is 31.3 Å². The number of phenolic OH excluding ortho intramolecular Hbond substituents is 1. The van der Waals surface area contributed by atoms with E-state index in [1.54, 1.807) is 6.07 Å². The first-order chi connectivity index (χ1) is 8.14. The average molecular weight is 237 g/mol. The third kappa shape index (κ3) is 1.72. The van der Waals surface area contributed by atoms with Gasteiger partial charge in [-0.05, 0) is 18.7 Å². The summed E-state index contributed by atoms with van der Waals surface area (Å²) in [5, 5.41) is 12.5. The number of carbonyl (C=O) groups is 1. The van der Waals surface area contributed by atoms with Crippen LogP contribution in [0.15, 0.2) is 18.2 Å². The van der Waals surface area contributed by atoms with Crippen molar-refractivity contribution in [2.45, 2.75) is 12.5 Å². The minimum absolute atomic E-state index is 0.112. The fraction of sp³-hybridized carbons (Fsp3) is 0.417. The van der Waals surface area contributed by atoms with Gasteiger partial charge in [-0.25, -0.2) is 4.79 Å². The van der Waals surface area contributed by atoms with Crippen LogP contribution in [0.25, 0.3) is 0 Å². The summed E-state index contributed by atoms with van der Waals surface area (Å²) in [4.78, 5) is 11.9. The Hall–Kier alpha value is -1.75. The van der Waals surface area contributed by atoms with E-state index in [9.17, 15) is 9.90 Å². The standard InChI is InChI=1S/C12H15NO4/c1-3-13-12(11(15)16-2)7-17-10-6-8(14)4-5-9(10)12/h4-6,13-14H,3,7H2,1-2H3. The lowest BCUT2D eigenvalue weighted by Gasteiger charge is -2.25. The van der Waals surface area contributed by atoms with Crippen molar-refractivity contribution in [3.8, 4) is 11.5 Å². The van der Waals surface area contributed by atoms with Gasteiger partial charge in [0, 0.05) is 11.6 Å². The summed E-state index contributed by atoms with van der Waals surface area (Å²) < 4.78 is 10.3. The molecule has 0 fully saturated rings. The van der Waals surface area contributed by atoms with E-state index in [2.05, 4.69) is 5.32 Å². The maximum atomic E-state index is 11.9. The number of likely N-dealkylation sites (N-methyl/N-ethyl adjacent to an activating group) is 1. The number of carbonyl (C=O) groups excluding carboxylic acids is 1. The third-order valence-corrected chi connectivity index (χ3v) is 2.88. The van der Waals surface area contributed by atoms with E-state index in [0.29, 0.717) is 17.9 Å². The largest absolute Gasteiger partial charge is 0.508 e. The molecule has 5 heteroatoms. The van der Waals surface area contributed by atoms with Crippen LogP contribution in [0, 0.1) is 0 Å². The maximum absolute atomic E-state index is 11.9. The van der Waals surface area contributed by atoms with E-state index in [1.165, 1.54) is 19.2 Å². The van der Waals surface area contributed by atoms with Crippen LogP contribution >= 0.6 is 0 Å². The van der Waals surface area contributed by atoms with E-state index < -0.39 is 5.54 Å². The first-order valence-electron chi connectivity index (χ1n) is 5.44. The Kier molecular flexibility index (Phi) is 2.93. The number of esters is 1. The number of ether oxygens (including phenoxy) is 2. The van der Waals surface area contributed by atoms with Gasteiger partial charge in [0.1, 0.15) is 18.1 Å². The monoisotopic (exact) mass is 237 g/mol. The second-order valence-electron chi connectivity index (χ2n) is 3.90. The van der Waals surface area contributed by atoms with E-state index in [0.717, 1.165) is 0 Å². The average Bonchev–Trinajstić information content (AvgIpc) is 2.68. The smallest absolute Gasteiger partial charge is 0.334 e.